The molecule has 0 spiro atoms. The summed E-state index contributed by atoms with van der Waals surface area (Å²) in [5.41, 5.74) is 4.25. The molecule has 0 unspecified atom stereocenters. The van der Waals surface area contributed by atoms with Crippen molar-refractivity contribution in [3.05, 3.63) is 71.6 Å². The molecule has 1 aliphatic carbocycles. The van der Waals surface area contributed by atoms with Gasteiger partial charge in [-0.15, -0.1) is 0 Å². The first-order valence-electron chi connectivity index (χ1n) is 11.5. The molecule has 1 fully saturated rings. The van der Waals surface area contributed by atoms with Gasteiger partial charge >= 0.3 is 0 Å². The number of hydrogen-bond acceptors (Lipinski definition) is 3. The lowest BCUT2D eigenvalue weighted by Crippen LogP contribution is -2.36. The van der Waals surface area contributed by atoms with Crippen molar-refractivity contribution in [1.29, 1.82) is 0 Å². The third-order valence-electron chi connectivity index (χ3n) is 6.57. The number of pyridine rings is 1. The van der Waals surface area contributed by atoms with Crippen LogP contribution in [0.1, 0.15) is 53.7 Å². The predicted octanol–water partition coefficient (Wildman–Crippen LogP) is 4.77. The van der Waals surface area contributed by atoms with Gasteiger partial charge in [0.25, 0.3) is 5.91 Å². The molecule has 33 heavy (non-hydrogen) atoms. The van der Waals surface area contributed by atoms with E-state index in [0.29, 0.717) is 17.7 Å². The van der Waals surface area contributed by atoms with E-state index in [9.17, 15) is 4.79 Å². The molecule has 3 heterocycles. The zero-order valence-electron chi connectivity index (χ0n) is 19.0. The number of benzene rings is 1. The molecule has 1 amide bonds. The zero-order chi connectivity index (χ0) is 22.9. The summed E-state index contributed by atoms with van der Waals surface area (Å²) in [5, 5.41) is 8.25. The Morgan fingerprint density at radius 1 is 1.09 bits per heavy atom. The summed E-state index contributed by atoms with van der Waals surface area (Å²) in [5.74, 6) is -0.427. The van der Waals surface area contributed by atoms with Crippen LogP contribution in [0.25, 0.3) is 22.2 Å². The summed E-state index contributed by atoms with van der Waals surface area (Å²) in [6, 6.07) is 9.27. The fourth-order valence-corrected chi connectivity index (χ4v) is 4.71. The quantitative estimate of drug-likeness (QED) is 0.481. The minimum Gasteiger partial charge on any atom is -0.348 e. The van der Waals surface area contributed by atoms with Crippen molar-refractivity contribution < 1.29 is 9.18 Å². The number of halogens is 1. The summed E-state index contributed by atoms with van der Waals surface area (Å²) in [7, 11) is 3.75. The van der Waals surface area contributed by atoms with Gasteiger partial charge in [-0.05, 0) is 47.7 Å². The van der Waals surface area contributed by atoms with Crippen molar-refractivity contribution in [1.82, 2.24) is 24.6 Å². The van der Waals surface area contributed by atoms with E-state index in [1.54, 1.807) is 16.9 Å². The summed E-state index contributed by atoms with van der Waals surface area (Å²) < 4.78 is 18.7. The number of fused-ring (bicyclic) bond motifs is 1. The van der Waals surface area contributed by atoms with Gasteiger partial charge in [-0.1, -0.05) is 31.4 Å². The summed E-state index contributed by atoms with van der Waals surface area (Å²) in [4.78, 5) is 17.6. The van der Waals surface area contributed by atoms with Crippen LogP contribution in [0.3, 0.4) is 0 Å². The van der Waals surface area contributed by atoms with Gasteiger partial charge in [0.15, 0.2) is 0 Å². The fraction of sp³-hybridized carbons (Fsp3) is 0.346. The van der Waals surface area contributed by atoms with E-state index in [2.05, 4.69) is 15.4 Å². The number of nitrogens with zero attached hydrogens (tertiary/aromatic N) is 4. The Kier molecular flexibility index (Phi) is 5.70. The maximum Gasteiger partial charge on any atom is 0.270 e. The minimum absolute atomic E-state index is 0.154. The molecule has 3 aromatic heterocycles. The second kappa shape index (κ2) is 8.81. The fourth-order valence-electron chi connectivity index (χ4n) is 4.71. The lowest BCUT2D eigenvalue weighted by atomic mass is 9.95. The van der Waals surface area contributed by atoms with Gasteiger partial charge in [-0.3, -0.25) is 9.48 Å². The molecule has 1 saturated carbocycles. The number of carbonyl (C=O) groups is 1. The maximum absolute atomic E-state index is 15.1. The largest absolute Gasteiger partial charge is 0.348 e. The van der Waals surface area contributed by atoms with Crippen molar-refractivity contribution in [2.24, 2.45) is 14.1 Å². The number of hydrogen-bond donors (Lipinski definition) is 1. The molecule has 0 atom stereocenters. The Hall–Kier alpha value is -3.48. The average molecular weight is 446 g/mol. The molecule has 6 nitrogen and oxygen atoms in total. The second-order valence-electron chi connectivity index (χ2n) is 9.02. The lowest BCUT2D eigenvalue weighted by molar-refractivity contribution is 0.0923. The SMILES string of the molecule is Cn1cc(-c2ccc(Cc3cc(C(=O)NC4CCCCC4)nc4c3ccn4C)c(F)c2)cn1. The lowest BCUT2D eigenvalue weighted by Gasteiger charge is -2.22. The van der Waals surface area contributed by atoms with Gasteiger partial charge in [0, 0.05) is 49.9 Å². The predicted molar refractivity (Wildman–Crippen MR) is 126 cm³/mol. The third-order valence-corrected chi connectivity index (χ3v) is 6.57. The summed E-state index contributed by atoms with van der Waals surface area (Å²) >= 11 is 0. The normalized spacial score (nSPS) is 14.6. The van der Waals surface area contributed by atoms with Crippen LogP contribution in [0.4, 0.5) is 4.39 Å². The van der Waals surface area contributed by atoms with Gasteiger partial charge in [0.05, 0.1) is 6.20 Å². The standard InChI is InChI=1S/C26H28FN5O/c1-31-11-10-22-19(12-18-9-8-17(13-23(18)27)20-15-28-32(2)16-20)14-24(30-25(22)31)26(33)29-21-6-4-3-5-7-21/h8-11,13-16,21H,3-7,12H2,1-2H3,(H,29,33). The summed E-state index contributed by atoms with van der Waals surface area (Å²) in [6.07, 6.45) is 11.4. The topological polar surface area (TPSA) is 64.7 Å². The molecule has 0 aliphatic heterocycles. The van der Waals surface area contributed by atoms with Crippen LogP contribution < -0.4 is 5.32 Å². The Morgan fingerprint density at radius 3 is 2.64 bits per heavy atom. The van der Waals surface area contributed by atoms with E-state index in [-0.39, 0.29) is 17.8 Å². The van der Waals surface area contributed by atoms with E-state index < -0.39 is 0 Å². The number of nitrogens with one attached hydrogen (secondary N) is 1. The smallest absolute Gasteiger partial charge is 0.270 e. The van der Waals surface area contributed by atoms with Crippen LogP contribution in [0.5, 0.6) is 0 Å². The van der Waals surface area contributed by atoms with Gasteiger partial charge in [-0.2, -0.15) is 5.10 Å². The van der Waals surface area contributed by atoms with Crippen LogP contribution >= 0.6 is 0 Å². The van der Waals surface area contributed by atoms with E-state index in [1.165, 1.54) is 6.42 Å². The Labute approximate surface area is 192 Å². The van der Waals surface area contributed by atoms with Crippen molar-refractivity contribution in [3.8, 4) is 11.1 Å². The van der Waals surface area contributed by atoms with Gasteiger partial charge < -0.3 is 9.88 Å². The maximum atomic E-state index is 15.1. The highest BCUT2D eigenvalue weighted by Gasteiger charge is 2.20. The van der Waals surface area contributed by atoms with E-state index in [1.807, 2.05) is 55.3 Å². The number of amides is 1. The molecule has 7 heteroatoms. The molecule has 0 radical (unpaired) electrons. The van der Waals surface area contributed by atoms with Crippen molar-refractivity contribution in [3.63, 3.8) is 0 Å². The molecule has 0 bridgehead atoms. The highest BCUT2D eigenvalue weighted by Crippen LogP contribution is 2.26. The van der Waals surface area contributed by atoms with E-state index in [4.69, 9.17) is 0 Å². The first-order chi connectivity index (χ1) is 16.0. The number of aryl methyl sites for hydroxylation is 2. The number of aromatic nitrogens is 4. The van der Waals surface area contributed by atoms with Crippen LogP contribution in [-0.4, -0.2) is 31.3 Å². The molecule has 170 valence electrons. The number of rotatable bonds is 5. The molecule has 1 aliphatic rings. The Balaban J connectivity index is 1.45. The number of carbonyl (C=O) groups excluding carboxylic acids is 1. The van der Waals surface area contributed by atoms with Crippen LogP contribution in [0.15, 0.2) is 48.9 Å². The van der Waals surface area contributed by atoms with Crippen molar-refractivity contribution in [2.45, 2.75) is 44.6 Å². The van der Waals surface area contributed by atoms with E-state index >= 15 is 4.39 Å². The minimum atomic E-state index is -0.273. The van der Waals surface area contributed by atoms with Crippen LogP contribution in [0, 0.1) is 5.82 Å². The Morgan fingerprint density at radius 2 is 1.91 bits per heavy atom. The van der Waals surface area contributed by atoms with Gasteiger partial charge in [-0.25, -0.2) is 9.37 Å². The molecule has 1 N–H and O–H groups in total. The third kappa shape index (κ3) is 4.40. The van der Waals surface area contributed by atoms with Gasteiger partial charge in [0.2, 0.25) is 0 Å². The average Bonchev–Trinajstić information content (AvgIpc) is 3.41. The molecule has 5 rings (SSSR count). The van der Waals surface area contributed by atoms with Crippen LogP contribution in [0.2, 0.25) is 0 Å². The monoisotopic (exact) mass is 445 g/mol. The summed E-state index contributed by atoms with van der Waals surface area (Å²) in [6.45, 7) is 0. The molecular formula is C26H28FN5O. The molecule has 0 saturated heterocycles. The molecule has 4 aromatic rings. The van der Waals surface area contributed by atoms with Crippen molar-refractivity contribution in [2.75, 3.05) is 0 Å². The first-order valence-corrected chi connectivity index (χ1v) is 11.5. The highest BCUT2D eigenvalue weighted by molar-refractivity contribution is 5.95. The van der Waals surface area contributed by atoms with Gasteiger partial charge in [0.1, 0.15) is 17.2 Å². The highest BCUT2D eigenvalue weighted by atomic mass is 19.1. The van der Waals surface area contributed by atoms with E-state index in [0.717, 1.165) is 53.4 Å². The molecule has 1 aromatic carbocycles. The second-order valence-corrected chi connectivity index (χ2v) is 9.02. The van der Waals surface area contributed by atoms with Crippen molar-refractivity contribution >= 4 is 16.9 Å². The Bertz CT molecular complexity index is 1320. The van der Waals surface area contributed by atoms with Crippen LogP contribution in [-0.2, 0) is 20.5 Å². The zero-order valence-corrected chi connectivity index (χ0v) is 19.0. The molecular weight excluding hydrogens is 417 g/mol. The first kappa shape index (κ1) is 21.4.